The van der Waals surface area contributed by atoms with Gasteiger partial charge in [0.05, 0.1) is 0 Å². The number of pyridine rings is 1. The van der Waals surface area contributed by atoms with E-state index >= 15 is 0 Å². The van der Waals surface area contributed by atoms with Gasteiger partial charge < -0.3 is 10.6 Å². The molecule has 1 fully saturated rings. The maximum absolute atomic E-state index is 5.90. The van der Waals surface area contributed by atoms with Crippen LogP contribution in [0.25, 0.3) is 0 Å². The fourth-order valence-corrected chi connectivity index (χ4v) is 1.78. The number of aromatic nitrogens is 1. The van der Waals surface area contributed by atoms with Crippen molar-refractivity contribution in [2.75, 3.05) is 18.0 Å². The van der Waals surface area contributed by atoms with Crippen LogP contribution in [0.2, 0.25) is 0 Å². The van der Waals surface area contributed by atoms with Crippen molar-refractivity contribution in [1.82, 2.24) is 4.98 Å². The van der Waals surface area contributed by atoms with Crippen molar-refractivity contribution in [2.45, 2.75) is 12.5 Å². The highest BCUT2D eigenvalue weighted by Crippen LogP contribution is 2.24. The molecule has 0 spiro atoms. The number of anilines is 1. The van der Waals surface area contributed by atoms with E-state index in [1.54, 1.807) is 0 Å². The first-order valence-corrected chi connectivity index (χ1v) is 5.01. The highest BCUT2D eigenvalue weighted by atomic mass is 79.9. The maximum Gasteiger partial charge on any atom is 0.128 e. The van der Waals surface area contributed by atoms with Crippen LogP contribution >= 0.6 is 15.9 Å². The molecule has 13 heavy (non-hydrogen) atoms. The van der Waals surface area contributed by atoms with Gasteiger partial charge in [-0.3, -0.25) is 0 Å². The van der Waals surface area contributed by atoms with Gasteiger partial charge in [0, 0.05) is 29.3 Å². The van der Waals surface area contributed by atoms with Crippen LogP contribution in [-0.2, 0) is 0 Å². The van der Waals surface area contributed by atoms with Crippen molar-refractivity contribution in [3.05, 3.63) is 22.8 Å². The predicted molar refractivity (Wildman–Crippen MR) is 56.7 cm³/mol. The average Bonchev–Trinajstić information content (AvgIpc) is 2.01. The van der Waals surface area contributed by atoms with Crippen molar-refractivity contribution >= 4 is 21.7 Å². The van der Waals surface area contributed by atoms with Crippen LogP contribution in [0.3, 0.4) is 0 Å². The van der Waals surface area contributed by atoms with Gasteiger partial charge in [0.25, 0.3) is 0 Å². The van der Waals surface area contributed by atoms with Gasteiger partial charge in [0.15, 0.2) is 0 Å². The van der Waals surface area contributed by atoms with Crippen molar-refractivity contribution in [3.63, 3.8) is 0 Å². The minimum absolute atomic E-state index is 0.0330. The van der Waals surface area contributed by atoms with Crippen LogP contribution in [-0.4, -0.2) is 23.6 Å². The first kappa shape index (κ1) is 8.97. The van der Waals surface area contributed by atoms with E-state index in [1.807, 2.05) is 18.3 Å². The molecule has 2 N–H and O–H groups in total. The smallest absolute Gasteiger partial charge is 0.128 e. The Kier molecular flexibility index (Phi) is 2.04. The molecule has 0 amide bonds. The fraction of sp³-hybridized carbons (Fsp3) is 0.444. The van der Waals surface area contributed by atoms with Gasteiger partial charge in [0.1, 0.15) is 5.82 Å². The van der Waals surface area contributed by atoms with Crippen LogP contribution in [0, 0.1) is 0 Å². The fourth-order valence-electron chi connectivity index (χ4n) is 1.54. The zero-order valence-corrected chi connectivity index (χ0v) is 9.08. The normalized spacial score (nSPS) is 19.8. The molecule has 1 aliphatic heterocycles. The van der Waals surface area contributed by atoms with Gasteiger partial charge in [-0.25, -0.2) is 4.98 Å². The molecule has 2 heterocycles. The molecule has 4 heteroatoms. The topological polar surface area (TPSA) is 42.1 Å². The Morgan fingerprint density at radius 1 is 1.54 bits per heavy atom. The van der Waals surface area contributed by atoms with Gasteiger partial charge in [0.2, 0.25) is 0 Å². The van der Waals surface area contributed by atoms with Crippen LogP contribution in [0.1, 0.15) is 6.92 Å². The SMILES string of the molecule is CC1(N)CN(c2ccc(Br)cn2)C1. The molecule has 0 unspecified atom stereocenters. The minimum atomic E-state index is -0.0330. The number of nitrogens with two attached hydrogens (primary N) is 1. The van der Waals surface area contributed by atoms with E-state index in [4.69, 9.17) is 5.73 Å². The van der Waals surface area contributed by atoms with E-state index in [9.17, 15) is 0 Å². The molecule has 1 aliphatic rings. The quantitative estimate of drug-likeness (QED) is 0.808. The summed E-state index contributed by atoms with van der Waals surface area (Å²) in [4.78, 5) is 6.46. The lowest BCUT2D eigenvalue weighted by molar-refractivity contribution is 0.363. The molecule has 0 bridgehead atoms. The summed E-state index contributed by atoms with van der Waals surface area (Å²) in [7, 11) is 0. The Morgan fingerprint density at radius 3 is 2.69 bits per heavy atom. The van der Waals surface area contributed by atoms with E-state index in [0.717, 1.165) is 23.4 Å². The zero-order chi connectivity index (χ0) is 9.47. The van der Waals surface area contributed by atoms with Gasteiger partial charge in [-0.1, -0.05) is 0 Å². The Labute approximate surface area is 86.1 Å². The zero-order valence-electron chi connectivity index (χ0n) is 7.50. The Bertz CT molecular complexity index is 299. The number of hydrogen-bond donors (Lipinski definition) is 1. The van der Waals surface area contributed by atoms with Crippen molar-refractivity contribution in [3.8, 4) is 0 Å². The molecule has 70 valence electrons. The molecule has 2 rings (SSSR count). The maximum atomic E-state index is 5.90. The summed E-state index contributed by atoms with van der Waals surface area (Å²) in [6, 6.07) is 3.99. The molecule has 0 radical (unpaired) electrons. The van der Waals surface area contributed by atoms with E-state index in [-0.39, 0.29) is 5.54 Å². The lowest BCUT2D eigenvalue weighted by Gasteiger charge is -2.46. The van der Waals surface area contributed by atoms with Crippen LogP contribution in [0.4, 0.5) is 5.82 Å². The second-order valence-corrected chi connectivity index (χ2v) is 4.76. The van der Waals surface area contributed by atoms with Crippen LogP contribution in [0.5, 0.6) is 0 Å². The lowest BCUT2D eigenvalue weighted by atomic mass is 9.94. The van der Waals surface area contributed by atoms with E-state index < -0.39 is 0 Å². The Balaban J connectivity index is 2.08. The second kappa shape index (κ2) is 2.96. The predicted octanol–water partition coefficient (Wildman–Crippen LogP) is 1.38. The van der Waals surface area contributed by atoms with Gasteiger partial charge in [-0.15, -0.1) is 0 Å². The summed E-state index contributed by atoms with van der Waals surface area (Å²) in [5.74, 6) is 1.01. The molecule has 0 aliphatic carbocycles. The van der Waals surface area contributed by atoms with Gasteiger partial charge in [-0.2, -0.15) is 0 Å². The molecule has 1 aromatic rings. The summed E-state index contributed by atoms with van der Waals surface area (Å²) in [5, 5.41) is 0. The third kappa shape index (κ3) is 1.84. The molecular formula is C9H12BrN3. The van der Waals surface area contributed by atoms with Gasteiger partial charge in [-0.05, 0) is 35.0 Å². The highest BCUT2D eigenvalue weighted by molar-refractivity contribution is 9.10. The molecule has 0 saturated carbocycles. The largest absolute Gasteiger partial charge is 0.353 e. The first-order chi connectivity index (χ1) is 6.07. The van der Waals surface area contributed by atoms with Gasteiger partial charge >= 0.3 is 0 Å². The van der Waals surface area contributed by atoms with E-state index in [1.165, 1.54) is 0 Å². The lowest BCUT2D eigenvalue weighted by Crippen LogP contribution is -2.65. The summed E-state index contributed by atoms with van der Waals surface area (Å²) >= 11 is 3.35. The van der Waals surface area contributed by atoms with Crippen molar-refractivity contribution in [1.29, 1.82) is 0 Å². The Hall–Kier alpha value is -0.610. The number of rotatable bonds is 1. The molecule has 3 nitrogen and oxygen atoms in total. The molecular weight excluding hydrogens is 230 g/mol. The first-order valence-electron chi connectivity index (χ1n) is 4.22. The summed E-state index contributed by atoms with van der Waals surface area (Å²) in [6.07, 6.45) is 1.81. The van der Waals surface area contributed by atoms with E-state index in [0.29, 0.717) is 0 Å². The number of hydrogen-bond acceptors (Lipinski definition) is 3. The molecule has 0 atom stereocenters. The highest BCUT2D eigenvalue weighted by Gasteiger charge is 2.35. The summed E-state index contributed by atoms with van der Waals surface area (Å²) in [6.45, 7) is 3.84. The third-order valence-corrected chi connectivity index (χ3v) is 2.61. The van der Waals surface area contributed by atoms with Crippen LogP contribution in [0.15, 0.2) is 22.8 Å². The molecule has 1 saturated heterocycles. The average molecular weight is 242 g/mol. The minimum Gasteiger partial charge on any atom is -0.353 e. The summed E-state index contributed by atoms with van der Waals surface area (Å²) in [5.41, 5.74) is 5.87. The number of halogens is 1. The van der Waals surface area contributed by atoms with Crippen molar-refractivity contribution in [2.24, 2.45) is 5.73 Å². The van der Waals surface area contributed by atoms with E-state index in [2.05, 4.69) is 32.7 Å². The molecule has 0 aromatic carbocycles. The van der Waals surface area contributed by atoms with Crippen LogP contribution < -0.4 is 10.6 Å². The summed E-state index contributed by atoms with van der Waals surface area (Å²) < 4.78 is 1.01. The third-order valence-electron chi connectivity index (χ3n) is 2.14. The second-order valence-electron chi connectivity index (χ2n) is 3.84. The molecule has 1 aromatic heterocycles. The number of nitrogens with zero attached hydrogens (tertiary/aromatic N) is 2. The monoisotopic (exact) mass is 241 g/mol. The standard InChI is InChI=1S/C9H12BrN3/c1-9(11)5-13(6-9)8-3-2-7(10)4-12-8/h2-4H,5-6,11H2,1H3. The Morgan fingerprint density at radius 2 is 2.23 bits per heavy atom. The van der Waals surface area contributed by atoms with Crippen molar-refractivity contribution < 1.29 is 0 Å².